The van der Waals surface area contributed by atoms with Crippen LogP contribution in [0, 0.1) is 0 Å². The third-order valence-corrected chi connectivity index (χ3v) is 5.57. The Balaban J connectivity index is 1.50. The van der Waals surface area contributed by atoms with Gasteiger partial charge in [-0.05, 0) is 36.6 Å². The summed E-state index contributed by atoms with van der Waals surface area (Å²) >= 11 is 0. The fraction of sp³-hybridized carbons (Fsp3) is 0.292. The molecule has 0 saturated carbocycles. The summed E-state index contributed by atoms with van der Waals surface area (Å²) in [5, 5.41) is 17.0. The monoisotopic (exact) mass is 418 g/mol. The molecule has 2 heterocycles. The Morgan fingerprint density at radius 1 is 1.16 bits per heavy atom. The Kier molecular flexibility index (Phi) is 6.13. The summed E-state index contributed by atoms with van der Waals surface area (Å²) in [6.45, 7) is 0.971. The summed E-state index contributed by atoms with van der Waals surface area (Å²) in [6, 6.07) is 16.8. The van der Waals surface area contributed by atoms with Crippen molar-refractivity contribution in [2.45, 2.75) is 25.4 Å². The molecule has 4 rings (SSSR count). The molecule has 2 aromatic carbocycles. The number of aryl methyl sites for hydroxylation is 1. The minimum absolute atomic E-state index is 0.138. The van der Waals surface area contributed by atoms with Crippen LogP contribution in [0.15, 0.2) is 60.8 Å². The normalized spacial score (nSPS) is 16.2. The van der Waals surface area contributed by atoms with Crippen molar-refractivity contribution in [1.82, 2.24) is 14.7 Å². The maximum atomic E-state index is 13.0. The minimum atomic E-state index is -0.478. The first-order valence-corrected chi connectivity index (χ1v) is 10.4. The Morgan fingerprint density at radius 2 is 1.97 bits per heavy atom. The number of aliphatic hydroxyl groups excluding tert-OH is 1. The van der Waals surface area contributed by atoms with Crippen molar-refractivity contribution in [3.63, 3.8) is 0 Å². The zero-order valence-electron chi connectivity index (χ0n) is 17.5. The van der Waals surface area contributed by atoms with Crippen LogP contribution in [0.2, 0.25) is 0 Å². The second-order valence-corrected chi connectivity index (χ2v) is 7.87. The highest BCUT2D eigenvalue weighted by molar-refractivity contribution is 6.05. The van der Waals surface area contributed by atoms with Crippen LogP contribution in [0.5, 0.6) is 0 Å². The molecule has 0 radical (unpaired) electrons. The Morgan fingerprint density at radius 3 is 2.74 bits per heavy atom. The van der Waals surface area contributed by atoms with E-state index in [1.54, 1.807) is 40.0 Å². The number of carbonyl (C=O) groups is 2. The van der Waals surface area contributed by atoms with Gasteiger partial charge in [-0.2, -0.15) is 5.10 Å². The van der Waals surface area contributed by atoms with Crippen LogP contribution in [0.25, 0.3) is 0 Å². The third-order valence-electron chi connectivity index (χ3n) is 5.57. The van der Waals surface area contributed by atoms with Gasteiger partial charge in [-0.25, -0.2) is 0 Å². The van der Waals surface area contributed by atoms with Gasteiger partial charge in [-0.3, -0.25) is 14.3 Å². The van der Waals surface area contributed by atoms with Gasteiger partial charge in [0.2, 0.25) is 0 Å². The van der Waals surface area contributed by atoms with E-state index in [2.05, 4.69) is 10.4 Å². The number of hydrogen-bond donors (Lipinski definition) is 2. The maximum absolute atomic E-state index is 13.0. The van der Waals surface area contributed by atoms with Crippen molar-refractivity contribution in [1.29, 1.82) is 0 Å². The summed E-state index contributed by atoms with van der Waals surface area (Å²) in [6.07, 6.45) is 3.19. The highest BCUT2D eigenvalue weighted by Crippen LogP contribution is 2.19. The summed E-state index contributed by atoms with van der Waals surface area (Å²) in [4.78, 5) is 27.4. The summed E-state index contributed by atoms with van der Waals surface area (Å²) in [5.74, 6) is -0.405. The van der Waals surface area contributed by atoms with Crippen LogP contribution in [0.1, 0.15) is 44.8 Å². The molecular formula is C24H26N4O3. The molecule has 1 aromatic heterocycles. The van der Waals surface area contributed by atoms with E-state index < -0.39 is 6.10 Å². The summed E-state index contributed by atoms with van der Waals surface area (Å²) in [5.41, 5.74) is 3.45. The van der Waals surface area contributed by atoms with Gasteiger partial charge in [0, 0.05) is 37.8 Å². The summed E-state index contributed by atoms with van der Waals surface area (Å²) in [7, 11) is 1.82. The zero-order chi connectivity index (χ0) is 21.8. The van der Waals surface area contributed by atoms with Crippen LogP contribution >= 0.6 is 0 Å². The lowest BCUT2D eigenvalue weighted by atomic mass is 10.1. The fourth-order valence-electron chi connectivity index (χ4n) is 3.90. The predicted molar refractivity (Wildman–Crippen MR) is 118 cm³/mol. The first-order valence-electron chi connectivity index (χ1n) is 10.4. The molecule has 1 saturated heterocycles. The molecule has 160 valence electrons. The average Bonchev–Trinajstić information content (AvgIpc) is 3.14. The second kappa shape index (κ2) is 9.14. The number of carbonyl (C=O) groups excluding carboxylic acids is 2. The fourth-order valence-corrected chi connectivity index (χ4v) is 3.90. The van der Waals surface area contributed by atoms with E-state index in [0.29, 0.717) is 36.3 Å². The van der Waals surface area contributed by atoms with Crippen molar-refractivity contribution < 1.29 is 14.7 Å². The molecule has 2 amide bonds. The van der Waals surface area contributed by atoms with Crippen molar-refractivity contribution in [2.75, 3.05) is 18.4 Å². The number of rotatable bonds is 5. The van der Waals surface area contributed by atoms with E-state index in [9.17, 15) is 14.7 Å². The number of benzene rings is 2. The number of β-amino-alcohol motifs (C(OH)–C–C–N with tert-alkyl or cyclic N) is 1. The van der Waals surface area contributed by atoms with Gasteiger partial charge in [0.05, 0.1) is 23.6 Å². The lowest BCUT2D eigenvalue weighted by molar-refractivity contribution is 0.0474. The molecule has 7 heteroatoms. The van der Waals surface area contributed by atoms with Gasteiger partial charge in [-0.1, -0.05) is 36.4 Å². The van der Waals surface area contributed by atoms with Gasteiger partial charge in [0.15, 0.2) is 0 Å². The molecule has 1 unspecified atom stereocenters. The summed E-state index contributed by atoms with van der Waals surface area (Å²) < 4.78 is 1.71. The molecule has 2 N–H and O–H groups in total. The largest absolute Gasteiger partial charge is 0.391 e. The number of aromatic nitrogens is 2. The van der Waals surface area contributed by atoms with Crippen molar-refractivity contribution >= 4 is 17.5 Å². The highest BCUT2D eigenvalue weighted by atomic mass is 16.3. The van der Waals surface area contributed by atoms with Gasteiger partial charge < -0.3 is 15.3 Å². The number of hydrogen-bond acceptors (Lipinski definition) is 4. The minimum Gasteiger partial charge on any atom is -0.391 e. The highest BCUT2D eigenvalue weighted by Gasteiger charge is 2.23. The lowest BCUT2D eigenvalue weighted by Crippen LogP contribution is -2.42. The van der Waals surface area contributed by atoms with E-state index in [1.807, 2.05) is 37.4 Å². The van der Waals surface area contributed by atoms with E-state index >= 15 is 0 Å². The van der Waals surface area contributed by atoms with Crippen LogP contribution in [-0.4, -0.2) is 50.8 Å². The van der Waals surface area contributed by atoms with Crippen LogP contribution in [-0.2, 0) is 13.5 Å². The van der Waals surface area contributed by atoms with Crippen LogP contribution in [0.4, 0.5) is 5.69 Å². The van der Waals surface area contributed by atoms with Crippen molar-refractivity contribution in [3.05, 3.63) is 83.2 Å². The van der Waals surface area contributed by atoms with E-state index in [-0.39, 0.29) is 11.8 Å². The standard InChI is InChI=1S/C24H26N4O3/c1-27-22(13-17-7-3-2-4-8-17)21(15-25-27)23(30)26-19-10-5-9-18(14-19)24(31)28-12-6-11-20(29)16-28/h2-5,7-10,14-15,20,29H,6,11-13,16H2,1H3,(H,26,30). The van der Waals surface area contributed by atoms with Gasteiger partial charge >= 0.3 is 0 Å². The molecule has 1 fully saturated rings. The van der Waals surface area contributed by atoms with E-state index in [0.717, 1.165) is 24.1 Å². The molecule has 3 aromatic rings. The Labute approximate surface area is 181 Å². The van der Waals surface area contributed by atoms with E-state index in [4.69, 9.17) is 0 Å². The molecular weight excluding hydrogens is 392 g/mol. The number of nitrogens with one attached hydrogen (secondary N) is 1. The van der Waals surface area contributed by atoms with Gasteiger partial charge in [-0.15, -0.1) is 0 Å². The van der Waals surface area contributed by atoms with E-state index in [1.165, 1.54) is 0 Å². The molecule has 31 heavy (non-hydrogen) atoms. The van der Waals surface area contributed by atoms with Gasteiger partial charge in [0.25, 0.3) is 11.8 Å². The van der Waals surface area contributed by atoms with Crippen LogP contribution in [0.3, 0.4) is 0 Å². The SMILES string of the molecule is Cn1ncc(C(=O)Nc2cccc(C(=O)N3CCCC(O)C3)c2)c1Cc1ccccc1. The predicted octanol–water partition coefficient (Wildman–Crippen LogP) is 2.86. The Hall–Kier alpha value is -3.45. The number of likely N-dealkylation sites (tertiary alicyclic amines) is 1. The van der Waals surface area contributed by atoms with Crippen molar-refractivity contribution in [2.24, 2.45) is 7.05 Å². The quantitative estimate of drug-likeness (QED) is 0.667. The average molecular weight is 418 g/mol. The topological polar surface area (TPSA) is 87.5 Å². The number of anilines is 1. The molecule has 0 spiro atoms. The zero-order valence-corrected chi connectivity index (χ0v) is 17.5. The second-order valence-electron chi connectivity index (χ2n) is 7.87. The molecule has 7 nitrogen and oxygen atoms in total. The number of amides is 2. The lowest BCUT2D eigenvalue weighted by Gasteiger charge is -2.30. The molecule has 1 atom stereocenters. The first kappa shape index (κ1) is 20.8. The van der Waals surface area contributed by atoms with Crippen LogP contribution < -0.4 is 5.32 Å². The van der Waals surface area contributed by atoms with Crippen molar-refractivity contribution in [3.8, 4) is 0 Å². The molecule has 1 aliphatic rings. The number of nitrogens with zero attached hydrogens (tertiary/aromatic N) is 3. The number of piperidine rings is 1. The molecule has 0 bridgehead atoms. The first-order chi connectivity index (χ1) is 15.0. The molecule has 0 aliphatic carbocycles. The van der Waals surface area contributed by atoms with Gasteiger partial charge in [0.1, 0.15) is 0 Å². The number of aliphatic hydroxyl groups is 1. The third kappa shape index (κ3) is 4.83. The Bertz CT molecular complexity index is 1080. The maximum Gasteiger partial charge on any atom is 0.259 e. The smallest absolute Gasteiger partial charge is 0.259 e. The molecule has 1 aliphatic heterocycles.